The van der Waals surface area contributed by atoms with Crippen molar-refractivity contribution >= 4 is 0 Å². The molecule has 0 saturated carbocycles. The van der Waals surface area contributed by atoms with E-state index in [2.05, 4.69) is 15.5 Å². The van der Waals surface area contributed by atoms with Crippen molar-refractivity contribution in [2.45, 2.75) is 12.5 Å². The first kappa shape index (κ1) is 14.0. The van der Waals surface area contributed by atoms with Crippen LogP contribution in [-0.4, -0.2) is 61.4 Å². The van der Waals surface area contributed by atoms with Gasteiger partial charge >= 0.3 is 0 Å². The molecule has 1 aromatic rings. The number of aliphatic hydroxyl groups excluding tert-OH is 1. The average molecular weight is 245 g/mol. The molecule has 0 radical (unpaired) electrons. The molecule has 0 fully saturated rings. The molecular formula is C10H19N3O4. The monoisotopic (exact) mass is 245 g/mol. The predicted octanol–water partition coefficient (Wildman–Crippen LogP) is -0.774. The minimum atomic E-state index is -0.519. The lowest BCUT2D eigenvalue weighted by atomic mass is 10.3. The van der Waals surface area contributed by atoms with Gasteiger partial charge in [-0.3, -0.25) is 0 Å². The second-order valence-corrected chi connectivity index (χ2v) is 3.51. The zero-order valence-electron chi connectivity index (χ0n) is 9.96. The average Bonchev–Trinajstić information content (AvgIpc) is 2.83. The van der Waals surface area contributed by atoms with E-state index in [-0.39, 0.29) is 0 Å². The lowest BCUT2D eigenvalue weighted by Crippen LogP contribution is -2.32. The minimum absolute atomic E-state index is 0.302. The summed E-state index contributed by atoms with van der Waals surface area (Å²) in [4.78, 5) is 3.88. The molecule has 1 rings (SSSR count). The number of rotatable bonds is 10. The first-order chi connectivity index (χ1) is 8.33. The van der Waals surface area contributed by atoms with E-state index in [1.54, 1.807) is 7.11 Å². The highest BCUT2D eigenvalue weighted by Crippen LogP contribution is 1.91. The van der Waals surface area contributed by atoms with Crippen LogP contribution in [0.2, 0.25) is 0 Å². The molecule has 0 saturated heterocycles. The van der Waals surface area contributed by atoms with Crippen LogP contribution in [0.3, 0.4) is 0 Å². The third-order valence-corrected chi connectivity index (χ3v) is 2.04. The van der Waals surface area contributed by atoms with Crippen LogP contribution >= 0.6 is 0 Å². The maximum absolute atomic E-state index is 9.53. The molecular weight excluding hydrogens is 226 g/mol. The van der Waals surface area contributed by atoms with Gasteiger partial charge in [0.15, 0.2) is 6.33 Å². The largest absolute Gasteiger partial charge is 0.389 e. The molecule has 1 heterocycles. The van der Waals surface area contributed by atoms with E-state index in [1.165, 1.54) is 6.33 Å². The number of hydrogen-bond donors (Lipinski definition) is 2. The summed E-state index contributed by atoms with van der Waals surface area (Å²) in [6, 6.07) is 0. The maximum Gasteiger partial charge on any atom is 0.227 e. The maximum atomic E-state index is 9.53. The van der Waals surface area contributed by atoms with Crippen LogP contribution in [-0.2, 0) is 15.9 Å². The molecule has 0 aliphatic heterocycles. The van der Waals surface area contributed by atoms with E-state index in [0.717, 1.165) is 0 Å². The molecule has 0 aromatic carbocycles. The first-order valence-electron chi connectivity index (χ1n) is 5.54. The number of methoxy groups -OCH3 is 1. The van der Waals surface area contributed by atoms with Gasteiger partial charge in [0.2, 0.25) is 5.89 Å². The Morgan fingerprint density at radius 1 is 1.53 bits per heavy atom. The summed E-state index contributed by atoms with van der Waals surface area (Å²) in [5, 5.41) is 16.1. The van der Waals surface area contributed by atoms with Gasteiger partial charge in [0, 0.05) is 26.6 Å². The summed E-state index contributed by atoms with van der Waals surface area (Å²) in [6.07, 6.45) is 1.50. The summed E-state index contributed by atoms with van der Waals surface area (Å²) in [5.74, 6) is 0.586. The molecule has 0 aliphatic rings. The van der Waals surface area contributed by atoms with Gasteiger partial charge in [-0.15, -0.1) is 0 Å². The molecule has 98 valence electrons. The Kier molecular flexibility index (Phi) is 7.48. The van der Waals surface area contributed by atoms with E-state index in [9.17, 15) is 5.11 Å². The van der Waals surface area contributed by atoms with Crippen molar-refractivity contribution in [3.8, 4) is 0 Å². The Morgan fingerprint density at radius 2 is 2.41 bits per heavy atom. The van der Waals surface area contributed by atoms with Crippen molar-refractivity contribution in [2.75, 3.05) is 40.0 Å². The summed E-state index contributed by atoms with van der Waals surface area (Å²) in [6.45, 7) is 2.49. The van der Waals surface area contributed by atoms with Crippen LogP contribution in [0.5, 0.6) is 0 Å². The Balaban J connectivity index is 1.91. The minimum Gasteiger partial charge on any atom is -0.389 e. The quantitative estimate of drug-likeness (QED) is 0.523. The fourth-order valence-corrected chi connectivity index (χ4v) is 1.19. The Bertz CT molecular complexity index is 269. The Morgan fingerprint density at radius 3 is 3.12 bits per heavy atom. The predicted molar refractivity (Wildman–Crippen MR) is 59.6 cm³/mol. The van der Waals surface area contributed by atoms with Crippen LogP contribution in [0.4, 0.5) is 0 Å². The van der Waals surface area contributed by atoms with Gasteiger partial charge in [-0.2, -0.15) is 4.98 Å². The summed E-state index contributed by atoms with van der Waals surface area (Å²) in [7, 11) is 1.61. The highest BCUT2D eigenvalue weighted by atomic mass is 16.5. The molecule has 1 atom stereocenters. The molecule has 7 nitrogen and oxygen atoms in total. The molecule has 2 N–H and O–H groups in total. The lowest BCUT2D eigenvalue weighted by Gasteiger charge is -2.11. The number of ether oxygens (including phenoxy) is 2. The highest BCUT2D eigenvalue weighted by molar-refractivity contribution is 4.75. The standard InChI is InChI=1S/C10H19N3O4/c1-15-4-5-16-7-9(14)6-11-3-2-10-12-8-13-17-10/h8-9,11,14H,2-7H2,1H3. The topological polar surface area (TPSA) is 89.6 Å². The highest BCUT2D eigenvalue weighted by Gasteiger charge is 2.04. The van der Waals surface area contributed by atoms with Gasteiger partial charge in [0.05, 0.1) is 25.9 Å². The van der Waals surface area contributed by atoms with Crippen LogP contribution in [0.25, 0.3) is 0 Å². The summed E-state index contributed by atoms with van der Waals surface area (Å²) < 4.78 is 14.8. The SMILES string of the molecule is COCCOCC(O)CNCCc1ncno1. The molecule has 0 spiro atoms. The van der Waals surface area contributed by atoms with Crippen LogP contribution in [0.1, 0.15) is 5.89 Å². The van der Waals surface area contributed by atoms with E-state index < -0.39 is 6.10 Å². The number of aliphatic hydroxyl groups is 1. The summed E-state index contributed by atoms with van der Waals surface area (Å²) >= 11 is 0. The Hall–Kier alpha value is -1.02. The number of nitrogens with one attached hydrogen (secondary N) is 1. The van der Waals surface area contributed by atoms with E-state index in [1.807, 2.05) is 0 Å². The van der Waals surface area contributed by atoms with Crippen molar-refractivity contribution < 1.29 is 19.1 Å². The van der Waals surface area contributed by atoms with Crippen LogP contribution in [0, 0.1) is 0 Å². The van der Waals surface area contributed by atoms with Crippen molar-refractivity contribution in [1.29, 1.82) is 0 Å². The second-order valence-electron chi connectivity index (χ2n) is 3.51. The van der Waals surface area contributed by atoms with Gasteiger partial charge in [-0.25, -0.2) is 0 Å². The molecule has 0 bridgehead atoms. The van der Waals surface area contributed by atoms with Gasteiger partial charge in [-0.1, -0.05) is 5.16 Å². The van der Waals surface area contributed by atoms with Gasteiger partial charge in [0.1, 0.15) is 0 Å². The van der Waals surface area contributed by atoms with Gasteiger partial charge < -0.3 is 24.4 Å². The van der Waals surface area contributed by atoms with Gasteiger partial charge in [0.25, 0.3) is 0 Å². The first-order valence-corrected chi connectivity index (χ1v) is 5.54. The number of aromatic nitrogens is 2. The zero-order chi connectivity index (χ0) is 12.3. The normalized spacial score (nSPS) is 12.8. The van der Waals surface area contributed by atoms with Crippen molar-refractivity contribution in [2.24, 2.45) is 0 Å². The van der Waals surface area contributed by atoms with E-state index in [4.69, 9.17) is 14.0 Å². The van der Waals surface area contributed by atoms with Gasteiger partial charge in [-0.05, 0) is 0 Å². The fourth-order valence-electron chi connectivity index (χ4n) is 1.19. The van der Waals surface area contributed by atoms with E-state index in [0.29, 0.717) is 45.2 Å². The van der Waals surface area contributed by atoms with Crippen LogP contribution in [0.15, 0.2) is 10.9 Å². The summed E-state index contributed by atoms with van der Waals surface area (Å²) in [5.41, 5.74) is 0. The molecule has 17 heavy (non-hydrogen) atoms. The molecule has 0 aliphatic carbocycles. The smallest absolute Gasteiger partial charge is 0.227 e. The molecule has 0 amide bonds. The molecule has 7 heteroatoms. The number of hydrogen-bond acceptors (Lipinski definition) is 7. The third-order valence-electron chi connectivity index (χ3n) is 2.04. The third kappa shape index (κ3) is 7.01. The lowest BCUT2D eigenvalue weighted by molar-refractivity contribution is 0.0139. The fraction of sp³-hybridized carbons (Fsp3) is 0.800. The molecule has 1 unspecified atom stereocenters. The van der Waals surface area contributed by atoms with Crippen molar-refractivity contribution in [3.05, 3.63) is 12.2 Å². The second kappa shape index (κ2) is 9.06. The van der Waals surface area contributed by atoms with E-state index >= 15 is 0 Å². The molecule has 1 aromatic heterocycles. The van der Waals surface area contributed by atoms with Crippen molar-refractivity contribution in [1.82, 2.24) is 15.5 Å². The zero-order valence-corrected chi connectivity index (χ0v) is 9.96. The van der Waals surface area contributed by atoms with Crippen molar-refractivity contribution in [3.63, 3.8) is 0 Å². The number of nitrogens with zero attached hydrogens (tertiary/aromatic N) is 2. The van der Waals surface area contributed by atoms with Crippen LogP contribution < -0.4 is 5.32 Å². The Labute approximate surface area is 100 Å².